The van der Waals surface area contributed by atoms with Crippen LogP contribution in [0.15, 0.2) is 60.8 Å². The van der Waals surface area contributed by atoms with Crippen LogP contribution in [0.2, 0.25) is 5.02 Å². The number of halogens is 1. The predicted molar refractivity (Wildman–Crippen MR) is 145 cm³/mol. The summed E-state index contributed by atoms with van der Waals surface area (Å²) in [4.78, 5) is 5.00. The molecule has 5 rings (SSSR count). The summed E-state index contributed by atoms with van der Waals surface area (Å²) in [5, 5.41) is 13.3. The first-order chi connectivity index (χ1) is 17.7. The maximum atomic E-state index is 9.52. The molecule has 36 heavy (non-hydrogen) atoms. The van der Waals surface area contributed by atoms with Gasteiger partial charge in [-0.2, -0.15) is 5.26 Å². The predicted octanol–water partition coefficient (Wildman–Crippen LogP) is 5.41. The number of piperazine rings is 1. The molecule has 3 aromatic carbocycles. The van der Waals surface area contributed by atoms with Crippen LogP contribution in [-0.4, -0.2) is 67.4 Å². The molecule has 186 valence electrons. The molecule has 0 aliphatic carbocycles. The highest BCUT2D eigenvalue weighted by atomic mass is 35.5. The van der Waals surface area contributed by atoms with E-state index >= 15 is 0 Å². The Bertz CT molecular complexity index is 1390. The van der Waals surface area contributed by atoms with Crippen molar-refractivity contribution in [1.29, 1.82) is 5.26 Å². The van der Waals surface area contributed by atoms with Gasteiger partial charge in [0.25, 0.3) is 0 Å². The maximum Gasteiger partial charge on any atom is 0.143 e. The van der Waals surface area contributed by atoms with Gasteiger partial charge in [0.15, 0.2) is 0 Å². The van der Waals surface area contributed by atoms with Crippen molar-refractivity contribution < 1.29 is 9.47 Å². The number of rotatable bonds is 9. The highest BCUT2D eigenvalue weighted by Crippen LogP contribution is 2.31. The van der Waals surface area contributed by atoms with Gasteiger partial charge >= 0.3 is 0 Å². The smallest absolute Gasteiger partial charge is 0.143 e. The average molecular weight is 503 g/mol. The van der Waals surface area contributed by atoms with Crippen LogP contribution in [0.3, 0.4) is 0 Å². The van der Waals surface area contributed by atoms with Crippen LogP contribution in [0.4, 0.5) is 0 Å². The van der Waals surface area contributed by atoms with E-state index in [1.165, 1.54) is 0 Å². The largest absolute Gasteiger partial charge is 0.495 e. The van der Waals surface area contributed by atoms with Crippen molar-refractivity contribution in [3.63, 3.8) is 0 Å². The molecule has 1 saturated heterocycles. The van der Waals surface area contributed by atoms with E-state index in [-0.39, 0.29) is 0 Å². The van der Waals surface area contributed by atoms with Crippen LogP contribution in [0, 0.1) is 11.3 Å². The zero-order valence-electron chi connectivity index (χ0n) is 20.6. The van der Waals surface area contributed by atoms with Crippen molar-refractivity contribution >= 4 is 33.3 Å². The van der Waals surface area contributed by atoms with E-state index in [4.69, 9.17) is 21.1 Å². The molecule has 1 fully saturated rings. The topological polar surface area (TPSA) is 53.7 Å². The first kappa shape index (κ1) is 24.5. The summed E-state index contributed by atoms with van der Waals surface area (Å²) in [6, 6.07) is 20.2. The number of ether oxygens (including phenoxy) is 2. The monoisotopic (exact) mass is 502 g/mol. The van der Waals surface area contributed by atoms with Gasteiger partial charge in [-0.3, -0.25) is 4.90 Å². The molecule has 6 nitrogen and oxygen atoms in total. The summed E-state index contributed by atoms with van der Waals surface area (Å²) in [5.74, 6) is 1.71. The zero-order valence-corrected chi connectivity index (χ0v) is 21.4. The Morgan fingerprint density at radius 1 is 0.833 bits per heavy atom. The third kappa shape index (κ3) is 5.15. The number of hydrogen-bond acceptors (Lipinski definition) is 5. The van der Waals surface area contributed by atoms with Gasteiger partial charge in [-0.1, -0.05) is 48.0 Å². The Labute approximate surface area is 217 Å². The number of nitrogens with zero attached hydrogens (tertiary/aromatic N) is 4. The fraction of sp³-hybridized carbons (Fsp3) is 0.345. The van der Waals surface area contributed by atoms with Crippen molar-refractivity contribution in [3.05, 3.63) is 71.4 Å². The minimum Gasteiger partial charge on any atom is -0.495 e. The number of nitriles is 1. The molecular weight excluding hydrogens is 472 g/mol. The van der Waals surface area contributed by atoms with Gasteiger partial charge in [0.2, 0.25) is 0 Å². The lowest BCUT2D eigenvalue weighted by molar-refractivity contribution is 0.115. The summed E-state index contributed by atoms with van der Waals surface area (Å²) in [6.07, 6.45) is 2.98. The maximum absolute atomic E-state index is 9.52. The van der Waals surface area contributed by atoms with Crippen molar-refractivity contribution in [1.82, 2.24) is 14.4 Å². The lowest BCUT2D eigenvalue weighted by Crippen LogP contribution is -2.47. The number of methoxy groups -OCH3 is 1. The molecule has 0 saturated carbocycles. The molecule has 1 aliphatic heterocycles. The Balaban J connectivity index is 1.08. The number of benzene rings is 3. The van der Waals surface area contributed by atoms with Gasteiger partial charge in [0.1, 0.15) is 24.2 Å². The Morgan fingerprint density at radius 3 is 2.31 bits per heavy atom. The average Bonchev–Trinajstić information content (AvgIpc) is 3.29. The number of para-hydroxylation sites is 1. The number of hydrogen-bond donors (Lipinski definition) is 0. The van der Waals surface area contributed by atoms with E-state index in [0.29, 0.717) is 12.2 Å². The molecule has 0 amide bonds. The van der Waals surface area contributed by atoms with Gasteiger partial charge < -0.3 is 18.9 Å². The van der Waals surface area contributed by atoms with Gasteiger partial charge in [0.05, 0.1) is 18.2 Å². The Hall–Kier alpha value is -3.24. The highest BCUT2D eigenvalue weighted by molar-refractivity contribution is 6.35. The van der Waals surface area contributed by atoms with Crippen LogP contribution in [0.25, 0.3) is 21.7 Å². The van der Waals surface area contributed by atoms with Crippen LogP contribution in [0.5, 0.6) is 11.5 Å². The quantitative estimate of drug-likeness (QED) is 0.306. The van der Waals surface area contributed by atoms with Gasteiger partial charge in [-0.25, -0.2) is 0 Å². The summed E-state index contributed by atoms with van der Waals surface area (Å²) in [7, 11) is 1.68. The molecule has 4 aromatic rings. The first-order valence-corrected chi connectivity index (χ1v) is 12.9. The fourth-order valence-corrected chi connectivity index (χ4v) is 5.33. The second-order valence-corrected chi connectivity index (χ2v) is 9.59. The number of aryl methyl sites for hydroxylation is 1. The molecule has 7 heteroatoms. The summed E-state index contributed by atoms with van der Waals surface area (Å²) < 4.78 is 13.9. The van der Waals surface area contributed by atoms with Crippen molar-refractivity contribution in [2.24, 2.45) is 0 Å². The van der Waals surface area contributed by atoms with Crippen molar-refractivity contribution in [2.75, 3.05) is 53.0 Å². The standard InChI is InChI=1S/C29H31ClN4O2/c1-35-28-9-4-8-23-22(20-31)21-34(29(23)28)13-5-12-32-14-16-33(17-15-32)18-19-36-27-11-10-26(30)24-6-2-3-7-25(24)27/h2-4,6-11,21H,5,12-19H2,1H3. The molecule has 0 atom stereocenters. The summed E-state index contributed by atoms with van der Waals surface area (Å²) in [5.41, 5.74) is 1.71. The second-order valence-electron chi connectivity index (χ2n) is 9.18. The minimum atomic E-state index is 0.662. The van der Waals surface area contributed by atoms with Gasteiger partial charge in [-0.05, 0) is 31.2 Å². The van der Waals surface area contributed by atoms with E-state index in [9.17, 15) is 5.26 Å². The van der Waals surface area contributed by atoms with E-state index in [1.807, 2.05) is 54.7 Å². The highest BCUT2D eigenvalue weighted by Gasteiger charge is 2.17. The third-order valence-electron chi connectivity index (χ3n) is 7.04. The van der Waals surface area contributed by atoms with E-state index in [1.54, 1.807) is 7.11 Å². The molecule has 0 bridgehead atoms. The molecule has 0 spiro atoms. The molecule has 1 aliphatic rings. The third-order valence-corrected chi connectivity index (χ3v) is 7.37. The molecule has 0 N–H and O–H groups in total. The zero-order chi connectivity index (χ0) is 24.9. The first-order valence-electron chi connectivity index (χ1n) is 12.5. The van der Waals surface area contributed by atoms with E-state index < -0.39 is 0 Å². The lowest BCUT2D eigenvalue weighted by Gasteiger charge is -2.34. The summed E-state index contributed by atoms with van der Waals surface area (Å²) >= 11 is 6.33. The molecule has 0 unspecified atom stereocenters. The van der Waals surface area contributed by atoms with E-state index in [2.05, 4.69) is 26.5 Å². The van der Waals surface area contributed by atoms with Crippen LogP contribution < -0.4 is 9.47 Å². The molecule has 2 heterocycles. The van der Waals surface area contributed by atoms with Gasteiger partial charge in [0, 0.05) is 66.6 Å². The Morgan fingerprint density at radius 2 is 1.56 bits per heavy atom. The SMILES string of the molecule is COc1cccc2c(C#N)cn(CCCN3CCN(CCOc4ccc(Cl)c5ccccc45)CC3)c12. The van der Waals surface area contributed by atoms with Crippen LogP contribution in [-0.2, 0) is 6.54 Å². The van der Waals surface area contributed by atoms with Crippen molar-refractivity contribution in [3.8, 4) is 17.6 Å². The molecular formula is C29H31ClN4O2. The van der Waals surface area contributed by atoms with Crippen LogP contribution >= 0.6 is 11.6 Å². The molecule has 0 radical (unpaired) electrons. The second kappa shape index (κ2) is 11.2. The molecule has 1 aromatic heterocycles. The van der Waals surface area contributed by atoms with Crippen LogP contribution in [0.1, 0.15) is 12.0 Å². The minimum absolute atomic E-state index is 0.662. The van der Waals surface area contributed by atoms with Gasteiger partial charge in [-0.15, -0.1) is 0 Å². The van der Waals surface area contributed by atoms with Crippen molar-refractivity contribution in [2.45, 2.75) is 13.0 Å². The summed E-state index contributed by atoms with van der Waals surface area (Å²) in [6.45, 7) is 7.69. The fourth-order valence-electron chi connectivity index (χ4n) is 5.10. The number of aromatic nitrogens is 1. The number of fused-ring (bicyclic) bond motifs is 2. The van der Waals surface area contributed by atoms with E-state index in [0.717, 1.165) is 90.4 Å². The lowest BCUT2D eigenvalue weighted by atomic mass is 10.1. The normalized spacial score (nSPS) is 14.8. The Kier molecular flexibility index (Phi) is 7.62.